The molecule has 0 spiro atoms. The summed E-state index contributed by atoms with van der Waals surface area (Å²) in [5.41, 5.74) is 1.58. The Balaban J connectivity index is 0.00000128. The predicted octanol–water partition coefficient (Wildman–Crippen LogP) is 2.51. The highest BCUT2D eigenvalue weighted by atomic mass is 79.9. The van der Waals surface area contributed by atoms with Crippen molar-refractivity contribution in [1.82, 2.24) is 9.97 Å². The summed E-state index contributed by atoms with van der Waals surface area (Å²) < 4.78 is 0. The maximum absolute atomic E-state index is 9.49. The van der Waals surface area contributed by atoms with E-state index in [1.807, 2.05) is 0 Å². The van der Waals surface area contributed by atoms with E-state index in [0.717, 1.165) is 16.6 Å². The molecule has 0 unspecified atom stereocenters. The zero-order valence-electron chi connectivity index (χ0n) is 8.55. The smallest absolute Gasteiger partial charge is 0.118 e. The molecular weight excluding hydrogens is 270 g/mol. The normalized spacial score (nSPS) is 9.50. The van der Waals surface area contributed by atoms with Crippen molar-refractivity contribution in [3.05, 3.63) is 37.3 Å². The number of phenols is 1. The first-order valence-corrected chi connectivity index (χ1v) is 4.59. The molecule has 0 fully saturated rings. The van der Waals surface area contributed by atoms with Crippen molar-refractivity contribution < 1.29 is 5.11 Å². The van der Waals surface area contributed by atoms with Crippen molar-refractivity contribution in [2.45, 2.75) is 0 Å². The standard InChI is InChI=1S/C11H11N3O.BrH/c1-2-3-13-10-5-9(15)4-8-6-12-7-14-11(8)10;/h2,4-7,13,15H,1,3H2;1H. The molecular formula is C11H12BrN3O. The second kappa shape index (κ2) is 5.46. The summed E-state index contributed by atoms with van der Waals surface area (Å²) in [4.78, 5) is 8.06. The zero-order valence-corrected chi connectivity index (χ0v) is 10.3. The number of nitrogens with zero attached hydrogens (tertiary/aromatic N) is 2. The first-order valence-electron chi connectivity index (χ1n) is 4.59. The zero-order chi connectivity index (χ0) is 10.7. The Hall–Kier alpha value is -1.62. The number of benzene rings is 1. The minimum atomic E-state index is 0. The fraction of sp³-hybridized carbons (Fsp3) is 0.0909. The van der Waals surface area contributed by atoms with E-state index in [-0.39, 0.29) is 22.7 Å². The van der Waals surface area contributed by atoms with Crippen LogP contribution < -0.4 is 5.32 Å². The number of aromatic hydroxyl groups is 1. The van der Waals surface area contributed by atoms with Gasteiger partial charge in [-0.25, -0.2) is 9.97 Å². The van der Waals surface area contributed by atoms with Gasteiger partial charge in [-0.3, -0.25) is 0 Å². The average molecular weight is 282 g/mol. The molecule has 0 aliphatic rings. The summed E-state index contributed by atoms with van der Waals surface area (Å²) in [6, 6.07) is 3.27. The van der Waals surface area contributed by atoms with Gasteiger partial charge in [0, 0.05) is 24.2 Å². The highest BCUT2D eigenvalue weighted by molar-refractivity contribution is 8.93. The highest BCUT2D eigenvalue weighted by Crippen LogP contribution is 2.26. The maximum atomic E-state index is 9.49. The van der Waals surface area contributed by atoms with E-state index in [0.29, 0.717) is 6.54 Å². The van der Waals surface area contributed by atoms with Gasteiger partial charge in [0.25, 0.3) is 0 Å². The summed E-state index contributed by atoms with van der Waals surface area (Å²) in [6.45, 7) is 4.25. The number of hydrogen-bond acceptors (Lipinski definition) is 4. The van der Waals surface area contributed by atoms with Crippen molar-refractivity contribution in [3.63, 3.8) is 0 Å². The summed E-state index contributed by atoms with van der Waals surface area (Å²) in [5, 5.41) is 13.4. The second-order valence-electron chi connectivity index (χ2n) is 3.12. The molecule has 4 nitrogen and oxygen atoms in total. The molecule has 0 bridgehead atoms. The quantitative estimate of drug-likeness (QED) is 0.849. The Kier molecular flexibility index (Phi) is 4.25. The number of halogens is 1. The van der Waals surface area contributed by atoms with Gasteiger partial charge < -0.3 is 10.4 Å². The van der Waals surface area contributed by atoms with Gasteiger partial charge in [-0.05, 0) is 6.07 Å². The molecule has 84 valence electrons. The van der Waals surface area contributed by atoms with E-state index in [1.54, 1.807) is 24.4 Å². The minimum Gasteiger partial charge on any atom is -0.508 e. The molecule has 0 atom stereocenters. The van der Waals surface area contributed by atoms with Gasteiger partial charge in [0.05, 0.1) is 11.2 Å². The van der Waals surface area contributed by atoms with E-state index in [1.165, 1.54) is 6.33 Å². The fourth-order valence-corrected chi connectivity index (χ4v) is 1.41. The van der Waals surface area contributed by atoms with E-state index < -0.39 is 0 Å². The Morgan fingerprint density at radius 1 is 1.44 bits per heavy atom. The topological polar surface area (TPSA) is 58.0 Å². The molecule has 0 saturated carbocycles. The van der Waals surface area contributed by atoms with E-state index >= 15 is 0 Å². The molecule has 0 amide bonds. The third kappa shape index (κ3) is 2.49. The summed E-state index contributed by atoms with van der Waals surface area (Å²) >= 11 is 0. The first-order chi connectivity index (χ1) is 7.31. The van der Waals surface area contributed by atoms with E-state index in [2.05, 4.69) is 21.9 Å². The third-order valence-corrected chi connectivity index (χ3v) is 2.03. The van der Waals surface area contributed by atoms with Gasteiger partial charge in [-0.1, -0.05) is 6.08 Å². The maximum Gasteiger partial charge on any atom is 0.118 e. The van der Waals surface area contributed by atoms with Gasteiger partial charge in [0.1, 0.15) is 12.1 Å². The largest absolute Gasteiger partial charge is 0.508 e. The molecule has 0 radical (unpaired) electrons. The van der Waals surface area contributed by atoms with E-state index in [9.17, 15) is 5.11 Å². The van der Waals surface area contributed by atoms with E-state index in [4.69, 9.17) is 0 Å². The number of aromatic nitrogens is 2. The van der Waals surface area contributed by atoms with Gasteiger partial charge in [-0.15, -0.1) is 23.6 Å². The number of fused-ring (bicyclic) bond motifs is 1. The molecule has 2 rings (SSSR count). The molecule has 5 heteroatoms. The van der Waals surface area contributed by atoms with Crippen LogP contribution in [0.4, 0.5) is 5.69 Å². The van der Waals surface area contributed by atoms with Crippen molar-refractivity contribution in [3.8, 4) is 5.75 Å². The van der Waals surface area contributed by atoms with Crippen LogP contribution in [0.1, 0.15) is 0 Å². The summed E-state index contributed by atoms with van der Waals surface area (Å²) in [7, 11) is 0. The van der Waals surface area contributed by atoms with Crippen molar-refractivity contribution >= 4 is 33.6 Å². The highest BCUT2D eigenvalue weighted by Gasteiger charge is 2.03. The van der Waals surface area contributed by atoms with Crippen LogP contribution in [0.2, 0.25) is 0 Å². The molecule has 0 aliphatic carbocycles. The monoisotopic (exact) mass is 281 g/mol. The Morgan fingerprint density at radius 2 is 2.25 bits per heavy atom. The van der Waals surface area contributed by atoms with Crippen LogP contribution in [0.15, 0.2) is 37.3 Å². The summed E-state index contributed by atoms with van der Waals surface area (Å²) in [6.07, 6.45) is 4.90. The molecule has 1 heterocycles. The fourth-order valence-electron chi connectivity index (χ4n) is 1.41. The SMILES string of the molecule is Br.C=CCNc1cc(O)cc2cncnc12. The Labute approximate surface area is 104 Å². The van der Waals surface area contributed by atoms with Gasteiger partial charge >= 0.3 is 0 Å². The molecule has 16 heavy (non-hydrogen) atoms. The minimum absolute atomic E-state index is 0. The molecule has 1 aromatic carbocycles. The van der Waals surface area contributed by atoms with Gasteiger partial charge in [0.15, 0.2) is 0 Å². The molecule has 1 aromatic heterocycles. The lowest BCUT2D eigenvalue weighted by atomic mass is 10.2. The van der Waals surface area contributed by atoms with Crippen LogP contribution in [0, 0.1) is 0 Å². The van der Waals surface area contributed by atoms with Crippen LogP contribution in [-0.4, -0.2) is 21.6 Å². The van der Waals surface area contributed by atoms with Crippen LogP contribution in [0.5, 0.6) is 5.75 Å². The molecule has 0 aliphatic heterocycles. The lowest BCUT2D eigenvalue weighted by Gasteiger charge is -2.07. The Bertz CT molecular complexity index is 502. The number of nitrogens with one attached hydrogen (secondary N) is 1. The molecule has 2 aromatic rings. The second-order valence-corrected chi connectivity index (χ2v) is 3.12. The molecule has 2 N–H and O–H groups in total. The number of hydrogen-bond donors (Lipinski definition) is 2. The van der Waals surface area contributed by atoms with Crippen LogP contribution in [0.25, 0.3) is 10.9 Å². The molecule has 0 saturated heterocycles. The number of anilines is 1. The predicted molar refractivity (Wildman–Crippen MR) is 70.2 cm³/mol. The Morgan fingerprint density at radius 3 is 3.00 bits per heavy atom. The first kappa shape index (κ1) is 12.4. The van der Waals surface area contributed by atoms with Gasteiger partial charge in [-0.2, -0.15) is 0 Å². The number of rotatable bonds is 3. The third-order valence-electron chi connectivity index (χ3n) is 2.03. The average Bonchev–Trinajstić information content (AvgIpc) is 2.25. The van der Waals surface area contributed by atoms with Crippen LogP contribution >= 0.6 is 17.0 Å². The lowest BCUT2D eigenvalue weighted by molar-refractivity contribution is 0.476. The summed E-state index contributed by atoms with van der Waals surface area (Å²) in [5.74, 6) is 0.198. The van der Waals surface area contributed by atoms with Crippen LogP contribution in [-0.2, 0) is 0 Å². The lowest BCUT2D eigenvalue weighted by Crippen LogP contribution is -1.99. The van der Waals surface area contributed by atoms with Crippen molar-refractivity contribution in [2.24, 2.45) is 0 Å². The number of phenolic OH excluding ortho intramolecular Hbond substituents is 1. The van der Waals surface area contributed by atoms with Gasteiger partial charge in [0.2, 0.25) is 0 Å². The van der Waals surface area contributed by atoms with Crippen LogP contribution in [0.3, 0.4) is 0 Å². The van der Waals surface area contributed by atoms with Crippen molar-refractivity contribution in [2.75, 3.05) is 11.9 Å². The van der Waals surface area contributed by atoms with Crippen molar-refractivity contribution in [1.29, 1.82) is 0 Å².